The van der Waals surface area contributed by atoms with Gasteiger partial charge in [0, 0.05) is 31.6 Å². The van der Waals surface area contributed by atoms with Crippen molar-refractivity contribution in [2.24, 2.45) is 17.8 Å². The maximum Gasteiger partial charge on any atom is 0.272 e. The van der Waals surface area contributed by atoms with Crippen LogP contribution >= 0.6 is 0 Å². The number of amides is 1. The number of fused-ring (bicyclic) bond motifs is 1. The zero-order chi connectivity index (χ0) is 18.7. The van der Waals surface area contributed by atoms with Gasteiger partial charge in [-0.1, -0.05) is 18.2 Å². The summed E-state index contributed by atoms with van der Waals surface area (Å²) in [7, 11) is 0. The molecule has 5 fully saturated rings. The van der Waals surface area contributed by atoms with E-state index >= 15 is 0 Å². The minimum absolute atomic E-state index is 0.109. The second-order valence-corrected chi connectivity index (χ2v) is 9.81. The Kier molecular flexibility index (Phi) is 3.81. The third-order valence-electron chi connectivity index (χ3n) is 7.95. The van der Waals surface area contributed by atoms with Gasteiger partial charge in [0.15, 0.2) is 0 Å². The number of hydrogen-bond donors (Lipinski definition) is 1. The molecule has 4 saturated carbocycles. The number of nitrogens with one attached hydrogen (secondary N) is 1. The summed E-state index contributed by atoms with van der Waals surface area (Å²) in [6.07, 6.45) is 8.26. The number of benzene rings is 1. The van der Waals surface area contributed by atoms with E-state index in [4.69, 9.17) is 4.98 Å². The molecule has 1 aromatic heterocycles. The fraction of sp³-hybridized carbons (Fsp3) is 0.583. The van der Waals surface area contributed by atoms with E-state index in [1.54, 1.807) is 0 Å². The number of aromatic nitrogens is 1. The monoisotopic (exact) mass is 375 g/mol. The van der Waals surface area contributed by atoms with Crippen molar-refractivity contribution in [3.63, 3.8) is 0 Å². The van der Waals surface area contributed by atoms with E-state index in [1.165, 1.54) is 49.5 Å². The molecule has 4 bridgehead atoms. The van der Waals surface area contributed by atoms with Crippen molar-refractivity contribution in [3.05, 3.63) is 41.6 Å². The Labute approximate surface area is 166 Å². The summed E-state index contributed by atoms with van der Waals surface area (Å²) in [6.45, 7) is 3.31. The van der Waals surface area contributed by atoms with E-state index in [-0.39, 0.29) is 11.3 Å². The van der Waals surface area contributed by atoms with Gasteiger partial charge in [-0.2, -0.15) is 0 Å². The van der Waals surface area contributed by atoms with E-state index in [9.17, 15) is 4.79 Å². The van der Waals surface area contributed by atoms with Crippen molar-refractivity contribution >= 4 is 16.8 Å². The third-order valence-corrected chi connectivity index (χ3v) is 7.95. The predicted molar refractivity (Wildman–Crippen MR) is 110 cm³/mol. The first kappa shape index (κ1) is 17.0. The van der Waals surface area contributed by atoms with Crippen LogP contribution in [-0.4, -0.2) is 42.0 Å². The molecular weight excluding hydrogens is 346 g/mol. The van der Waals surface area contributed by atoms with Crippen molar-refractivity contribution in [1.82, 2.24) is 15.2 Å². The zero-order valence-electron chi connectivity index (χ0n) is 16.5. The van der Waals surface area contributed by atoms with Gasteiger partial charge in [0.05, 0.1) is 5.52 Å². The quantitative estimate of drug-likeness (QED) is 0.870. The topological polar surface area (TPSA) is 45.2 Å². The molecule has 0 unspecified atom stereocenters. The lowest BCUT2D eigenvalue weighted by molar-refractivity contribution is -0.00455. The summed E-state index contributed by atoms with van der Waals surface area (Å²) in [5.74, 6) is 2.79. The van der Waals surface area contributed by atoms with E-state index < -0.39 is 0 Å². The van der Waals surface area contributed by atoms with Crippen molar-refractivity contribution in [3.8, 4) is 0 Å². The van der Waals surface area contributed by atoms with Crippen LogP contribution in [0.15, 0.2) is 30.3 Å². The van der Waals surface area contributed by atoms with Crippen LogP contribution in [0.25, 0.3) is 10.9 Å². The van der Waals surface area contributed by atoms with Crippen LogP contribution < -0.4 is 5.32 Å². The Morgan fingerprint density at radius 3 is 2.32 bits per heavy atom. The smallest absolute Gasteiger partial charge is 0.272 e. The minimum atomic E-state index is 0.109. The van der Waals surface area contributed by atoms with Crippen LogP contribution in [0.2, 0.25) is 0 Å². The molecule has 1 amide bonds. The summed E-state index contributed by atoms with van der Waals surface area (Å²) in [5.41, 5.74) is 3.35. The molecule has 5 aliphatic rings. The lowest BCUT2D eigenvalue weighted by Gasteiger charge is -2.57. The third kappa shape index (κ3) is 2.61. The molecule has 0 atom stereocenters. The maximum atomic E-state index is 13.3. The van der Waals surface area contributed by atoms with Crippen molar-refractivity contribution in [1.29, 1.82) is 0 Å². The Hall–Kier alpha value is -1.94. The predicted octanol–water partition coefficient (Wildman–Crippen LogP) is 3.75. The van der Waals surface area contributed by atoms with Gasteiger partial charge in [-0.3, -0.25) is 4.79 Å². The number of rotatable bonds is 2. The van der Waals surface area contributed by atoms with Gasteiger partial charge >= 0.3 is 0 Å². The summed E-state index contributed by atoms with van der Waals surface area (Å²) in [5, 5.41) is 4.62. The highest BCUT2D eigenvalue weighted by Crippen LogP contribution is 2.61. The number of hydrogen-bond acceptors (Lipinski definition) is 3. The number of piperazine rings is 1. The van der Waals surface area contributed by atoms with Crippen LogP contribution in [0, 0.1) is 17.8 Å². The summed E-state index contributed by atoms with van der Waals surface area (Å²) in [4.78, 5) is 20.1. The Morgan fingerprint density at radius 2 is 1.64 bits per heavy atom. The summed E-state index contributed by atoms with van der Waals surface area (Å²) >= 11 is 0. The first-order valence-corrected chi connectivity index (χ1v) is 11.1. The largest absolute Gasteiger partial charge is 0.335 e. The van der Waals surface area contributed by atoms with Crippen LogP contribution in [0.1, 0.15) is 54.6 Å². The molecule has 1 saturated heterocycles. The number of carbonyl (C=O) groups excluding carboxylic acids is 1. The molecule has 4 nitrogen and oxygen atoms in total. The van der Waals surface area contributed by atoms with Crippen molar-refractivity contribution in [2.45, 2.75) is 43.9 Å². The molecule has 1 N–H and O–H groups in total. The highest BCUT2D eigenvalue weighted by atomic mass is 16.2. The molecule has 2 heterocycles. The standard InChI is InChI=1S/C24H29N3O/c28-23(27-7-5-25-6-8-27)22-12-20(19-3-1-2-4-21(19)26-22)24-13-16-9-17(14-24)11-18(10-16)15-24/h1-4,12,16-18,25H,5-11,13-15H2. The lowest BCUT2D eigenvalue weighted by Crippen LogP contribution is -2.49. The normalized spacial score (nSPS) is 34.1. The van der Waals surface area contributed by atoms with Gasteiger partial charge < -0.3 is 10.2 Å². The van der Waals surface area contributed by atoms with Crippen LogP contribution in [-0.2, 0) is 5.41 Å². The second-order valence-electron chi connectivity index (χ2n) is 9.81. The Bertz CT molecular complexity index is 895. The molecule has 4 aliphatic carbocycles. The summed E-state index contributed by atoms with van der Waals surface area (Å²) in [6, 6.07) is 10.7. The van der Waals surface area contributed by atoms with Gasteiger partial charge in [0.1, 0.15) is 5.69 Å². The Morgan fingerprint density at radius 1 is 1.00 bits per heavy atom. The van der Waals surface area contributed by atoms with Crippen LogP contribution in [0.3, 0.4) is 0 Å². The van der Waals surface area contributed by atoms with Gasteiger partial charge in [-0.25, -0.2) is 4.98 Å². The SMILES string of the molecule is O=C(c1cc(C23CC4CC(CC(C4)C2)C3)c2ccccc2n1)N1CCNCC1. The molecule has 0 spiro atoms. The second kappa shape index (κ2) is 6.28. The number of carbonyl (C=O) groups is 1. The molecule has 146 valence electrons. The highest BCUT2D eigenvalue weighted by Gasteiger charge is 2.52. The highest BCUT2D eigenvalue weighted by molar-refractivity contribution is 5.96. The lowest BCUT2D eigenvalue weighted by atomic mass is 9.48. The zero-order valence-corrected chi connectivity index (χ0v) is 16.5. The molecule has 1 aliphatic heterocycles. The average molecular weight is 376 g/mol. The number of para-hydroxylation sites is 1. The van der Waals surface area contributed by atoms with Crippen molar-refractivity contribution < 1.29 is 4.79 Å². The molecule has 0 radical (unpaired) electrons. The minimum Gasteiger partial charge on any atom is -0.335 e. The Balaban J connectivity index is 1.47. The molecule has 7 rings (SSSR count). The first-order valence-electron chi connectivity index (χ1n) is 11.1. The van der Waals surface area contributed by atoms with Crippen molar-refractivity contribution in [2.75, 3.05) is 26.2 Å². The first-order chi connectivity index (χ1) is 13.7. The number of pyridine rings is 1. The molecule has 4 heteroatoms. The van der Waals surface area contributed by atoms with Crippen LogP contribution in [0.4, 0.5) is 0 Å². The van der Waals surface area contributed by atoms with Gasteiger partial charge in [0.2, 0.25) is 0 Å². The molecular formula is C24H29N3O. The molecule has 2 aromatic rings. The van der Waals surface area contributed by atoms with E-state index in [0.29, 0.717) is 5.69 Å². The molecule has 1 aromatic carbocycles. The average Bonchev–Trinajstić information content (AvgIpc) is 2.72. The fourth-order valence-corrected chi connectivity index (χ4v) is 7.19. The van der Waals surface area contributed by atoms with Crippen LogP contribution in [0.5, 0.6) is 0 Å². The van der Waals surface area contributed by atoms with E-state index in [1.807, 2.05) is 4.90 Å². The molecule has 28 heavy (non-hydrogen) atoms. The van der Waals surface area contributed by atoms with Gasteiger partial charge in [-0.15, -0.1) is 0 Å². The maximum absolute atomic E-state index is 13.3. The summed E-state index contributed by atoms with van der Waals surface area (Å²) < 4.78 is 0. The van der Waals surface area contributed by atoms with Gasteiger partial charge in [-0.05, 0) is 79.4 Å². The van der Waals surface area contributed by atoms with E-state index in [0.717, 1.165) is 49.4 Å². The number of nitrogens with zero attached hydrogens (tertiary/aromatic N) is 2. The fourth-order valence-electron chi connectivity index (χ4n) is 7.19. The van der Waals surface area contributed by atoms with E-state index in [2.05, 4.69) is 35.6 Å². The van der Waals surface area contributed by atoms with Gasteiger partial charge in [0.25, 0.3) is 5.91 Å².